The second-order valence-corrected chi connectivity index (χ2v) is 3.60. The molecule has 1 heterocycles. The Morgan fingerprint density at radius 2 is 1.62 bits per heavy atom. The van der Waals surface area contributed by atoms with Gasteiger partial charge in [0.2, 0.25) is 0 Å². The molecular weight excluding hydrogens is 98.1 g/mol. The molecular formula is C7H11N. The van der Waals surface area contributed by atoms with Crippen molar-refractivity contribution in [2.45, 2.75) is 24.9 Å². The molecule has 0 radical (unpaired) electrons. The van der Waals surface area contributed by atoms with Crippen molar-refractivity contribution >= 4 is 0 Å². The highest BCUT2D eigenvalue weighted by Gasteiger charge is 2.64. The van der Waals surface area contributed by atoms with Crippen LogP contribution in [-0.4, -0.2) is 24.0 Å². The van der Waals surface area contributed by atoms with Crippen LogP contribution in [0, 0.1) is 11.8 Å². The van der Waals surface area contributed by atoms with Crippen LogP contribution in [0.1, 0.15) is 12.8 Å². The molecule has 0 aromatic rings. The molecule has 3 rings (SSSR count). The molecule has 4 unspecified atom stereocenters. The van der Waals surface area contributed by atoms with Crippen molar-refractivity contribution in [2.75, 3.05) is 7.05 Å². The van der Waals surface area contributed by atoms with Crippen molar-refractivity contribution in [1.82, 2.24) is 4.90 Å². The van der Waals surface area contributed by atoms with Crippen molar-refractivity contribution in [3.05, 3.63) is 0 Å². The number of fused-ring (bicyclic) bond motifs is 3. The van der Waals surface area contributed by atoms with Gasteiger partial charge in [0.25, 0.3) is 0 Å². The summed E-state index contributed by atoms with van der Waals surface area (Å²) in [5.41, 5.74) is 0. The van der Waals surface area contributed by atoms with E-state index in [-0.39, 0.29) is 0 Å². The Morgan fingerprint density at radius 3 is 1.88 bits per heavy atom. The summed E-state index contributed by atoms with van der Waals surface area (Å²) in [7, 11) is 2.29. The number of likely N-dealkylation sites (tertiary alicyclic amines) is 1. The number of piperidine rings is 2. The lowest BCUT2D eigenvalue weighted by Gasteiger charge is -2.09. The Kier molecular flexibility index (Phi) is 0.418. The minimum Gasteiger partial charge on any atom is -0.300 e. The maximum Gasteiger partial charge on any atom is 0.0131 e. The van der Waals surface area contributed by atoms with E-state index in [9.17, 15) is 0 Å². The second-order valence-electron chi connectivity index (χ2n) is 3.60. The van der Waals surface area contributed by atoms with E-state index in [4.69, 9.17) is 0 Å². The number of hydrogen-bond acceptors (Lipinski definition) is 1. The summed E-state index contributed by atoms with van der Waals surface area (Å²) in [6, 6.07) is 2.08. The third-order valence-electron chi connectivity index (χ3n) is 3.21. The fourth-order valence-electron chi connectivity index (χ4n) is 2.50. The molecule has 8 heavy (non-hydrogen) atoms. The monoisotopic (exact) mass is 109 g/mol. The smallest absolute Gasteiger partial charge is 0.0131 e. The van der Waals surface area contributed by atoms with E-state index in [0.717, 1.165) is 23.9 Å². The fraction of sp³-hybridized carbons (Fsp3) is 1.00. The molecule has 1 heteroatoms. The molecule has 4 atom stereocenters. The Labute approximate surface area is 49.7 Å². The molecule has 0 N–H and O–H groups in total. The van der Waals surface area contributed by atoms with Crippen LogP contribution in [0.5, 0.6) is 0 Å². The maximum atomic E-state index is 2.59. The molecule has 0 amide bonds. The zero-order valence-corrected chi connectivity index (χ0v) is 5.17. The normalized spacial score (nSPS) is 67.1. The molecule has 2 saturated carbocycles. The van der Waals surface area contributed by atoms with Crippen LogP contribution in [0.3, 0.4) is 0 Å². The van der Waals surface area contributed by atoms with Gasteiger partial charge in [-0.15, -0.1) is 0 Å². The SMILES string of the molecule is CN1C2CC2C2CC21. The Morgan fingerprint density at radius 1 is 1.12 bits per heavy atom. The third-order valence-corrected chi connectivity index (χ3v) is 3.21. The van der Waals surface area contributed by atoms with Gasteiger partial charge in [-0.3, -0.25) is 4.90 Å². The molecule has 0 aromatic carbocycles. The lowest BCUT2D eigenvalue weighted by molar-refractivity contribution is 0.333. The van der Waals surface area contributed by atoms with E-state index >= 15 is 0 Å². The summed E-state index contributed by atoms with van der Waals surface area (Å²) in [5.74, 6) is 2.31. The lowest BCUT2D eigenvalue weighted by atomic mass is 10.3. The minimum absolute atomic E-state index is 1.04. The van der Waals surface area contributed by atoms with E-state index < -0.39 is 0 Å². The molecule has 3 aliphatic rings. The van der Waals surface area contributed by atoms with Gasteiger partial charge in [-0.05, 0) is 31.7 Å². The highest BCUT2D eigenvalue weighted by Crippen LogP contribution is 2.62. The quantitative estimate of drug-likeness (QED) is 0.443. The summed E-state index contributed by atoms with van der Waals surface area (Å²) in [4.78, 5) is 2.59. The van der Waals surface area contributed by atoms with Gasteiger partial charge in [0.15, 0.2) is 0 Å². The standard InChI is InChI=1S/C7H11N/c1-8-6-2-4(6)5-3-7(5)8/h4-7H,2-3H2,1H3. The molecule has 3 fully saturated rings. The van der Waals surface area contributed by atoms with E-state index in [1.807, 2.05) is 0 Å². The predicted octanol–water partition coefficient (Wildman–Crippen LogP) is 0.709. The molecule has 2 aliphatic carbocycles. The van der Waals surface area contributed by atoms with Gasteiger partial charge < -0.3 is 0 Å². The van der Waals surface area contributed by atoms with E-state index in [1.165, 1.54) is 12.8 Å². The summed E-state index contributed by atoms with van der Waals surface area (Å²) in [6.45, 7) is 0. The molecule has 0 bridgehead atoms. The van der Waals surface area contributed by atoms with Gasteiger partial charge in [-0.1, -0.05) is 0 Å². The van der Waals surface area contributed by atoms with Crippen molar-refractivity contribution in [3.63, 3.8) is 0 Å². The van der Waals surface area contributed by atoms with E-state index in [0.29, 0.717) is 0 Å². The maximum absolute atomic E-state index is 2.59. The van der Waals surface area contributed by atoms with Crippen LogP contribution in [0.25, 0.3) is 0 Å². The first-order valence-electron chi connectivity index (χ1n) is 3.60. The first kappa shape index (κ1) is 3.89. The highest BCUT2D eigenvalue weighted by atomic mass is 15.3. The largest absolute Gasteiger partial charge is 0.300 e. The first-order chi connectivity index (χ1) is 3.88. The number of hydrogen-bond donors (Lipinski definition) is 0. The highest BCUT2D eigenvalue weighted by molar-refractivity contribution is 5.18. The van der Waals surface area contributed by atoms with Crippen LogP contribution < -0.4 is 0 Å². The summed E-state index contributed by atoms with van der Waals surface area (Å²) in [5, 5.41) is 0. The van der Waals surface area contributed by atoms with Crippen LogP contribution in [0.4, 0.5) is 0 Å². The van der Waals surface area contributed by atoms with Crippen LogP contribution >= 0.6 is 0 Å². The van der Waals surface area contributed by atoms with E-state index in [2.05, 4.69) is 11.9 Å². The zero-order chi connectivity index (χ0) is 5.30. The molecule has 1 nitrogen and oxygen atoms in total. The topological polar surface area (TPSA) is 3.24 Å². The fourth-order valence-corrected chi connectivity index (χ4v) is 2.50. The summed E-state index contributed by atoms with van der Waals surface area (Å²) >= 11 is 0. The van der Waals surface area contributed by atoms with Gasteiger partial charge >= 0.3 is 0 Å². The second kappa shape index (κ2) is 0.860. The third kappa shape index (κ3) is 0.255. The summed E-state index contributed by atoms with van der Waals surface area (Å²) in [6.07, 6.45) is 3.05. The van der Waals surface area contributed by atoms with Gasteiger partial charge in [-0.25, -0.2) is 0 Å². The molecule has 1 aliphatic heterocycles. The van der Waals surface area contributed by atoms with Gasteiger partial charge in [-0.2, -0.15) is 0 Å². The molecule has 0 spiro atoms. The van der Waals surface area contributed by atoms with Gasteiger partial charge in [0.1, 0.15) is 0 Å². The van der Waals surface area contributed by atoms with Gasteiger partial charge in [0.05, 0.1) is 0 Å². The van der Waals surface area contributed by atoms with Crippen molar-refractivity contribution < 1.29 is 0 Å². The number of rotatable bonds is 0. The molecule has 0 aromatic heterocycles. The average molecular weight is 109 g/mol. The van der Waals surface area contributed by atoms with Crippen molar-refractivity contribution in [1.29, 1.82) is 0 Å². The first-order valence-corrected chi connectivity index (χ1v) is 3.60. The van der Waals surface area contributed by atoms with Crippen molar-refractivity contribution in [3.8, 4) is 0 Å². The number of nitrogens with zero attached hydrogens (tertiary/aromatic N) is 1. The zero-order valence-electron chi connectivity index (χ0n) is 5.17. The average Bonchev–Trinajstić information content (AvgIpc) is 2.58. The summed E-state index contributed by atoms with van der Waals surface area (Å²) < 4.78 is 0. The predicted molar refractivity (Wildman–Crippen MR) is 31.6 cm³/mol. The Balaban J connectivity index is 1.99. The van der Waals surface area contributed by atoms with Crippen LogP contribution in [-0.2, 0) is 0 Å². The lowest BCUT2D eigenvalue weighted by Crippen LogP contribution is -2.20. The molecule has 44 valence electrons. The Bertz CT molecular complexity index is 118. The molecule has 1 saturated heterocycles. The van der Waals surface area contributed by atoms with Gasteiger partial charge in [0, 0.05) is 12.1 Å². The minimum atomic E-state index is 1.04. The van der Waals surface area contributed by atoms with Crippen LogP contribution in [0.15, 0.2) is 0 Å². The van der Waals surface area contributed by atoms with Crippen molar-refractivity contribution in [2.24, 2.45) is 11.8 Å². The Hall–Kier alpha value is -0.0400. The van der Waals surface area contributed by atoms with Crippen LogP contribution in [0.2, 0.25) is 0 Å². The van der Waals surface area contributed by atoms with E-state index in [1.54, 1.807) is 0 Å².